The van der Waals surface area contributed by atoms with Crippen molar-refractivity contribution in [2.45, 2.75) is 32.4 Å². The topological polar surface area (TPSA) is 38.1 Å². The lowest BCUT2D eigenvalue weighted by atomic mass is 10.3. The van der Waals surface area contributed by atoms with Crippen molar-refractivity contribution in [3.05, 3.63) is 16.7 Å². The van der Waals surface area contributed by atoms with Gasteiger partial charge in [-0.3, -0.25) is 0 Å². The third-order valence-electron chi connectivity index (χ3n) is 2.19. The highest BCUT2D eigenvalue weighted by Crippen LogP contribution is 2.27. The number of nitrogens with zero attached hydrogens (tertiary/aromatic N) is 2. The normalized spacial score (nSPS) is 17.9. The second kappa shape index (κ2) is 2.75. The molecule has 1 unspecified atom stereocenters. The van der Waals surface area contributed by atoms with E-state index in [1.807, 2.05) is 4.57 Å². The third kappa shape index (κ3) is 1.04. The lowest BCUT2D eigenvalue weighted by molar-refractivity contribution is 0.194. The van der Waals surface area contributed by atoms with Crippen molar-refractivity contribution in [2.24, 2.45) is 0 Å². The van der Waals surface area contributed by atoms with Crippen LogP contribution in [0.2, 0.25) is 5.15 Å². The highest BCUT2D eigenvalue weighted by atomic mass is 35.5. The summed E-state index contributed by atoms with van der Waals surface area (Å²) in [6.45, 7) is 2.62. The van der Waals surface area contributed by atoms with Gasteiger partial charge in [0.05, 0.1) is 6.10 Å². The molecule has 4 heteroatoms. The molecule has 3 nitrogen and oxygen atoms in total. The van der Waals surface area contributed by atoms with Crippen molar-refractivity contribution in [1.82, 2.24) is 9.55 Å². The highest BCUT2D eigenvalue weighted by molar-refractivity contribution is 6.30. The monoisotopic (exact) mass is 186 g/mol. The van der Waals surface area contributed by atoms with Crippen molar-refractivity contribution in [3.8, 4) is 0 Å². The van der Waals surface area contributed by atoms with E-state index in [4.69, 9.17) is 11.6 Å². The molecule has 1 aromatic rings. The van der Waals surface area contributed by atoms with Gasteiger partial charge < -0.3 is 9.67 Å². The molecular weight excluding hydrogens is 176 g/mol. The first-order valence-corrected chi connectivity index (χ1v) is 4.51. The fourth-order valence-electron chi connectivity index (χ4n) is 1.58. The van der Waals surface area contributed by atoms with Crippen LogP contribution in [0.25, 0.3) is 0 Å². The number of aliphatic hydroxyl groups excluding tert-OH is 1. The minimum Gasteiger partial charge on any atom is -0.387 e. The predicted octanol–water partition coefficient (Wildman–Crippen LogP) is 1.54. The molecule has 0 amide bonds. The summed E-state index contributed by atoms with van der Waals surface area (Å²) in [4.78, 5) is 4.27. The van der Waals surface area contributed by atoms with Crippen LogP contribution < -0.4 is 0 Å². The maximum absolute atomic E-state index is 9.30. The first kappa shape index (κ1) is 8.08. The number of hydrogen-bond acceptors (Lipinski definition) is 2. The van der Waals surface area contributed by atoms with Gasteiger partial charge in [-0.2, -0.15) is 0 Å². The van der Waals surface area contributed by atoms with Crippen molar-refractivity contribution in [1.29, 1.82) is 0 Å². The summed E-state index contributed by atoms with van der Waals surface area (Å²) in [7, 11) is 0. The van der Waals surface area contributed by atoms with Gasteiger partial charge in [0.2, 0.25) is 0 Å². The standard InChI is InChI=1S/C8H11ClN2O/c1-5(12)7-8(9)11-4-2-3-6(11)10-7/h5,12H,2-4H2,1H3. The summed E-state index contributed by atoms with van der Waals surface area (Å²) in [6, 6.07) is 0. The average Bonchev–Trinajstić information content (AvgIpc) is 2.53. The zero-order valence-electron chi connectivity index (χ0n) is 6.92. The average molecular weight is 187 g/mol. The zero-order chi connectivity index (χ0) is 8.72. The Morgan fingerprint density at radius 2 is 2.42 bits per heavy atom. The van der Waals surface area contributed by atoms with Crippen LogP contribution in [-0.2, 0) is 13.0 Å². The molecular formula is C8H11ClN2O. The summed E-state index contributed by atoms with van der Waals surface area (Å²) in [5, 5.41) is 9.91. The molecule has 0 aliphatic carbocycles. The second-order valence-electron chi connectivity index (χ2n) is 3.14. The molecule has 66 valence electrons. The van der Waals surface area contributed by atoms with Gasteiger partial charge in [0.1, 0.15) is 16.7 Å². The van der Waals surface area contributed by atoms with Crippen LogP contribution in [0.3, 0.4) is 0 Å². The second-order valence-corrected chi connectivity index (χ2v) is 3.49. The molecule has 0 fully saturated rings. The molecule has 0 bridgehead atoms. The van der Waals surface area contributed by atoms with Gasteiger partial charge in [-0.15, -0.1) is 0 Å². The summed E-state index contributed by atoms with van der Waals surface area (Å²) in [6.07, 6.45) is 1.53. The van der Waals surface area contributed by atoms with Crippen molar-refractivity contribution in [2.75, 3.05) is 0 Å². The molecule has 2 rings (SSSR count). The fraction of sp³-hybridized carbons (Fsp3) is 0.625. The van der Waals surface area contributed by atoms with Gasteiger partial charge in [0.25, 0.3) is 0 Å². The van der Waals surface area contributed by atoms with E-state index in [-0.39, 0.29) is 0 Å². The van der Waals surface area contributed by atoms with E-state index in [9.17, 15) is 5.11 Å². The van der Waals surface area contributed by atoms with Gasteiger partial charge in [-0.05, 0) is 13.3 Å². The number of aliphatic hydroxyl groups is 1. The SMILES string of the molecule is CC(O)c1nc2n(c1Cl)CCC2. The number of aryl methyl sites for hydroxylation is 1. The van der Waals surface area contributed by atoms with Gasteiger partial charge in [-0.25, -0.2) is 4.98 Å². The summed E-state index contributed by atoms with van der Waals surface area (Å²) in [5.74, 6) is 1.01. The molecule has 0 spiro atoms. The Hall–Kier alpha value is -0.540. The number of hydrogen-bond donors (Lipinski definition) is 1. The Kier molecular flexibility index (Phi) is 1.85. The maximum Gasteiger partial charge on any atom is 0.134 e. The molecule has 0 saturated heterocycles. The molecule has 1 aliphatic heterocycles. The number of fused-ring (bicyclic) bond motifs is 1. The van der Waals surface area contributed by atoms with E-state index in [0.717, 1.165) is 25.2 Å². The Morgan fingerprint density at radius 3 is 3.00 bits per heavy atom. The largest absolute Gasteiger partial charge is 0.387 e. The number of rotatable bonds is 1. The minimum absolute atomic E-state index is 0.560. The smallest absolute Gasteiger partial charge is 0.134 e. The predicted molar refractivity (Wildman–Crippen MR) is 46.2 cm³/mol. The summed E-state index contributed by atoms with van der Waals surface area (Å²) < 4.78 is 1.98. The van der Waals surface area contributed by atoms with Crippen molar-refractivity contribution < 1.29 is 5.11 Å². The Labute approximate surface area is 76.0 Å². The van der Waals surface area contributed by atoms with Gasteiger partial charge in [0.15, 0.2) is 0 Å². The van der Waals surface area contributed by atoms with Crippen LogP contribution in [0.5, 0.6) is 0 Å². The molecule has 12 heavy (non-hydrogen) atoms. The van der Waals surface area contributed by atoms with Crippen LogP contribution in [0.1, 0.15) is 31.0 Å². The first-order chi connectivity index (χ1) is 5.70. The van der Waals surface area contributed by atoms with Crippen LogP contribution in [0.4, 0.5) is 0 Å². The number of halogens is 1. The zero-order valence-corrected chi connectivity index (χ0v) is 7.67. The lowest BCUT2D eigenvalue weighted by Gasteiger charge is -2.01. The van der Waals surface area contributed by atoms with Crippen LogP contribution >= 0.6 is 11.6 Å². The maximum atomic E-state index is 9.30. The number of aromatic nitrogens is 2. The Morgan fingerprint density at radius 1 is 1.67 bits per heavy atom. The fourth-order valence-corrected chi connectivity index (χ4v) is 1.96. The summed E-state index contributed by atoms with van der Waals surface area (Å²) >= 11 is 6.01. The van der Waals surface area contributed by atoms with Crippen LogP contribution in [0.15, 0.2) is 0 Å². The molecule has 0 aromatic carbocycles. The van der Waals surface area contributed by atoms with Crippen LogP contribution in [-0.4, -0.2) is 14.7 Å². The molecule has 0 saturated carbocycles. The minimum atomic E-state index is -0.560. The first-order valence-electron chi connectivity index (χ1n) is 4.13. The quantitative estimate of drug-likeness (QED) is 0.723. The number of imidazole rings is 1. The van der Waals surface area contributed by atoms with E-state index >= 15 is 0 Å². The van der Waals surface area contributed by atoms with E-state index in [1.54, 1.807) is 6.92 Å². The van der Waals surface area contributed by atoms with Crippen molar-refractivity contribution >= 4 is 11.6 Å². The lowest BCUT2D eigenvalue weighted by Crippen LogP contribution is -1.95. The molecule has 1 N–H and O–H groups in total. The van der Waals surface area contributed by atoms with Gasteiger partial charge >= 0.3 is 0 Å². The molecule has 2 heterocycles. The van der Waals surface area contributed by atoms with E-state index in [1.165, 1.54) is 0 Å². The Balaban J connectivity index is 2.47. The van der Waals surface area contributed by atoms with Gasteiger partial charge in [0, 0.05) is 13.0 Å². The molecule has 1 atom stereocenters. The molecule has 0 radical (unpaired) electrons. The van der Waals surface area contributed by atoms with Crippen molar-refractivity contribution in [3.63, 3.8) is 0 Å². The highest BCUT2D eigenvalue weighted by Gasteiger charge is 2.21. The molecule has 1 aromatic heterocycles. The van der Waals surface area contributed by atoms with Crippen LogP contribution in [0, 0.1) is 0 Å². The van der Waals surface area contributed by atoms with Gasteiger partial charge in [-0.1, -0.05) is 11.6 Å². The molecule has 1 aliphatic rings. The Bertz CT molecular complexity index is 306. The van der Waals surface area contributed by atoms with E-state index < -0.39 is 6.10 Å². The van der Waals surface area contributed by atoms with E-state index in [2.05, 4.69) is 4.98 Å². The summed E-state index contributed by atoms with van der Waals surface area (Å²) in [5.41, 5.74) is 0.617. The third-order valence-corrected chi connectivity index (χ3v) is 2.58. The van der Waals surface area contributed by atoms with E-state index in [0.29, 0.717) is 10.8 Å².